The summed E-state index contributed by atoms with van der Waals surface area (Å²) in [5.41, 5.74) is 2.99. The van der Waals surface area contributed by atoms with Crippen LogP contribution < -0.4 is 5.32 Å². The second-order valence-corrected chi connectivity index (χ2v) is 7.05. The number of hydrogen-bond donors (Lipinski definition) is 1. The van der Waals surface area contributed by atoms with Gasteiger partial charge in [0.05, 0.1) is 11.4 Å². The van der Waals surface area contributed by atoms with E-state index in [4.69, 9.17) is 0 Å². The van der Waals surface area contributed by atoms with Crippen LogP contribution in [0.1, 0.15) is 30.1 Å². The average molecular weight is 377 g/mol. The van der Waals surface area contributed by atoms with Crippen molar-refractivity contribution in [3.05, 3.63) is 54.1 Å². The highest BCUT2D eigenvalue weighted by molar-refractivity contribution is 5.98. The molecule has 7 heteroatoms. The van der Waals surface area contributed by atoms with Crippen LogP contribution in [-0.2, 0) is 11.3 Å². The summed E-state index contributed by atoms with van der Waals surface area (Å²) in [6, 6.07) is 14.9. The third-order valence-electron chi connectivity index (χ3n) is 5.18. The number of para-hydroxylation sites is 1. The molecule has 0 spiro atoms. The molecule has 2 aromatic carbocycles. The van der Waals surface area contributed by atoms with Crippen molar-refractivity contribution in [1.29, 1.82) is 0 Å². The van der Waals surface area contributed by atoms with Crippen molar-refractivity contribution < 1.29 is 9.59 Å². The van der Waals surface area contributed by atoms with E-state index in [9.17, 15) is 9.59 Å². The maximum Gasteiger partial charge on any atom is 0.253 e. The van der Waals surface area contributed by atoms with E-state index in [1.807, 2.05) is 49.4 Å². The maximum absolute atomic E-state index is 13.0. The van der Waals surface area contributed by atoms with E-state index in [1.54, 1.807) is 15.6 Å². The molecule has 1 N–H and O–H groups in total. The summed E-state index contributed by atoms with van der Waals surface area (Å²) in [4.78, 5) is 27.4. The number of aromatic nitrogens is 3. The minimum atomic E-state index is -0.206. The van der Waals surface area contributed by atoms with E-state index in [0.717, 1.165) is 30.6 Å². The second-order valence-electron chi connectivity index (χ2n) is 7.05. The molecule has 7 nitrogen and oxygen atoms in total. The number of piperidine rings is 1. The zero-order chi connectivity index (χ0) is 19.5. The number of fused-ring (bicyclic) bond motifs is 1. The lowest BCUT2D eigenvalue weighted by Crippen LogP contribution is -2.43. The van der Waals surface area contributed by atoms with Crippen molar-refractivity contribution in [2.24, 2.45) is 5.92 Å². The van der Waals surface area contributed by atoms with Crippen molar-refractivity contribution in [3.63, 3.8) is 0 Å². The highest BCUT2D eigenvalue weighted by Gasteiger charge is 2.29. The molecule has 3 aromatic rings. The van der Waals surface area contributed by atoms with Gasteiger partial charge in [-0.3, -0.25) is 9.59 Å². The lowest BCUT2D eigenvalue weighted by molar-refractivity contribution is -0.121. The van der Waals surface area contributed by atoms with E-state index < -0.39 is 0 Å². The predicted octanol–water partition coefficient (Wildman–Crippen LogP) is 2.94. The lowest BCUT2D eigenvalue weighted by Gasteiger charge is -2.32. The molecular weight excluding hydrogens is 354 g/mol. The number of anilines is 1. The standard InChI is InChI=1S/C21H23N5O2/c1-2-26-19-11-10-15(13-18(19)23-24-26)21(28)25-12-6-7-16(14-25)20(27)22-17-8-4-3-5-9-17/h3-5,8-11,13,16H,2,6-7,12,14H2,1H3,(H,22,27). The summed E-state index contributed by atoms with van der Waals surface area (Å²) in [6.45, 7) is 3.82. The summed E-state index contributed by atoms with van der Waals surface area (Å²) < 4.78 is 1.80. The Bertz CT molecular complexity index is 998. The minimum absolute atomic E-state index is 0.0370. The molecule has 2 amide bonds. The SMILES string of the molecule is CCn1nnc2cc(C(=O)N3CCCC(C(=O)Nc4ccccc4)C3)ccc21. The summed E-state index contributed by atoms with van der Waals surface area (Å²) in [7, 11) is 0. The van der Waals surface area contributed by atoms with Crippen LogP contribution in [0.2, 0.25) is 0 Å². The molecule has 144 valence electrons. The van der Waals surface area contributed by atoms with Crippen LogP contribution in [-0.4, -0.2) is 44.8 Å². The second kappa shape index (κ2) is 7.80. The van der Waals surface area contributed by atoms with Gasteiger partial charge in [-0.15, -0.1) is 5.10 Å². The number of rotatable bonds is 4. The van der Waals surface area contributed by atoms with Gasteiger partial charge in [0.2, 0.25) is 5.91 Å². The molecule has 1 aliphatic heterocycles. The summed E-state index contributed by atoms with van der Waals surface area (Å²) in [5.74, 6) is -0.308. The quantitative estimate of drug-likeness (QED) is 0.758. The van der Waals surface area contributed by atoms with Crippen molar-refractivity contribution in [2.45, 2.75) is 26.3 Å². The number of carbonyl (C=O) groups excluding carboxylic acids is 2. The molecule has 0 radical (unpaired) electrons. The third kappa shape index (κ3) is 3.60. The Kier molecular flexibility index (Phi) is 5.06. The van der Waals surface area contributed by atoms with Gasteiger partial charge >= 0.3 is 0 Å². The Labute approximate surface area is 163 Å². The Hall–Kier alpha value is -3.22. The predicted molar refractivity (Wildman–Crippen MR) is 107 cm³/mol. The van der Waals surface area contributed by atoms with Crippen LogP contribution in [0.5, 0.6) is 0 Å². The zero-order valence-electron chi connectivity index (χ0n) is 15.8. The maximum atomic E-state index is 13.0. The van der Waals surface area contributed by atoms with Gasteiger partial charge in [-0.25, -0.2) is 4.68 Å². The Balaban J connectivity index is 1.46. The van der Waals surface area contributed by atoms with Crippen LogP contribution in [0, 0.1) is 5.92 Å². The van der Waals surface area contributed by atoms with E-state index >= 15 is 0 Å². The van der Waals surface area contributed by atoms with Crippen LogP contribution in [0.4, 0.5) is 5.69 Å². The number of carbonyl (C=O) groups is 2. The number of nitrogens with zero attached hydrogens (tertiary/aromatic N) is 4. The molecule has 1 saturated heterocycles. The summed E-state index contributed by atoms with van der Waals surface area (Å²) >= 11 is 0. The fraction of sp³-hybridized carbons (Fsp3) is 0.333. The van der Waals surface area contributed by atoms with Gasteiger partial charge < -0.3 is 10.2 Å². The number of nitrogens with one attached hydrogen (secondary N) is 1. The first kappa shape index (κ1) is 18.2. The van der Waals surface area contributed by atoms with Gasteiger partial charge in [-0.2, -0.15) is 0 Å². The van der Waals surface area contributed by atoms with Crippen LogP contribution in [0.25, 0.3) is 11.0 Å². The van der Waals surface area contributed by atoms with E-state index in [0.29, 0.717) is 24.2 Å². The van der Waals surface area contributed by atoms with E-state index in [2.05, 4.69) is 15.6 Å². The Morgan fingerprint density at radius 3 is 2.79 bits per heavy atom. The van der Waals surface area contributed by atoms with Crippen molar-refractivity contribution in [2.75, 3.05) is 18.4 Å². The zero-order valence-corrected chi connectivity index (χ0v) is 15.8. The molecule has 1 unspecified atom stereocenters. The largest absolute Gasteiger partial charge is 0.338 e. The fourth-order valence-electron chi connectivity index (χ4n) is 3.66. The average Bonchev–Trinajstić information content (AvgIpc) is 3.16. The Morgan fingerprint density at radius 1 is 1.18 bits per heavy atom. The third-order valence-corrected chi connectivity index (χ3v) is 5.18. The highest BCUT2D eigenvalue weighted by Crippen LogP contribution is 2.22. The number of hydrogen-bond acceptors (Lipinski definition) is 4. The van der Waals surface area contributed by atoms with Gasteiger partial charge in [-0.1, -0.05) is 23.4 Å². The van der Waals surface area contributed by atoms with Crippen molar-refractivity contribution in [3.8, 4) is 0 Å². The van der Waals surface area contributed by atoms with Gasteiger partial charge in [0.15, 0.2) is 0 Å². The molecular formula is C21H23N5O2. The molecule has 4 rings (SSSR count). The molecule has 0 bridgehead atoms. The highest BCUT2D eigenvalue weighted by atomic mass is 16.2. The molecule has 28 heavy (non-hydrogen) atoms. The van der Waals surface area contributed by atoms with Crippen molar-refractivity contribution in [1.82, 2.24) is 19.9 Å². The van der Waals surface area contributed by atoms with Crippen LogP contribution in [0.15, 0.2) is 48.5 Å². The lowest BCUT2D eigenvalue weighted by atomic mass is 9.96. The first-order chi connectivity index (χ1) is 13.7. The van der Waals surface area contributed by atoms with Crippen LogP contribution >= 0.6 is 0 Å². The van der Waals surface area contributed by atoms with Gasteiger partial charge in [0.25, 0.3) is 5.91 Å². The minimum Gasteiger partial charge on any atom is -0.338 e. The molecule has 1 aromatic heterocycles. The van der Waals surface area contributed by atoms with Gasteiger partial charge in [-0.05, 0) is 50.1 Å². The monoisotopic (exact) mass is 377 g/mol. The first-order valence-electron chi connectivity index (χ1n) is 9.64. The fourth-order valence-corrected chi connectivity index (χ4v) is 3.66. The number of amides is 2. The van der Waals surface area contributed by atoms with E-state index in [1.165, 1.54) is 0 Å². The van der Waals surface area contributed by atoms with Crippen molar-refractivity contribution >= 4 is 28.5 Å². The molecule has 2 heterocycles. The Morgan fingerprint density at radius 2 is 2.00 bits per heavy atom. The topological polar surface area (TPSA) is 80.1 Å². The molecule has 0 aliphatic carbocycles. The normalized spacial score (nSPS) is 16.9. The number of aryl methyl sites for hydroxylation is 1. The van der Waals surface area contributed by atoms with Crippen LogP contribution in [0.3, 0.4) is 0 Å². The molecule has 1 aliphatic rings. The first-order valence-corrected chi connectivity index (χ1v) is 9.64. The molecule has 1 atom stereocenters. The summed E-state index contributed by atoms with van der Waals surface area (Å²) in [5, 5.41) is 11.2. The van der Waals surface area contributed by atoms with E-state index in [-0.39, 0.29) is 17.7 Å². The smallest absolute Gasteiger partial charge is 0.253 e. The van der Waals surface area contributed by atoms with Gasteiger partial charge in [0, 0.05) is 30.9 Å². The molecule has 0 saturated carbocycles. The molecule has 1 fully saturated rings. The summed E-state index contributed by atoms with van der Waals surface area (Å²) in [6.07, 6.45) is 1.60. The number of benzene rings is 2. The van der Waals surface area contributed by atoms with Gasteiger partial charge in [0.1, 0.15) is 5.52 Å². The number of likely N-dealkylation sites (tertiary alicyclic amines) is 1.